The molecule has 162 valence electrons. The van der Waals surface area contributed by atoms with Crippen molar-refractivity contribution in [2.24, 2.45) is 11.8 Å². The number of aryl methyl sites for hydroxylation is 1. The minimum absolute atomic E-state index is 0.0766. The largest absolute Gasteiger partial charge is 0.272 e. The van der Waals surface area contributed by atoms with E-state index in [4.69, 9.17) is 10.1 Å². The van der Waals surface area contributed by atoms with Gasteiger partial charge in [-0.3, -0.25) is 14.6 Å². The van der Waals surface area contributed by atoms with Crippen molar-refractivity contribution in [3.05, 3.63) is 64.5 Å². The summed E-state index contributed by atoms with van der Waals surface area (Å²) in [4.78, 5) is 22.9. The Kier molecular flexibility index (Phi) is 6.28. The Morgan fingerprint density at radius 1 is 1.16 bits per heavy atom. The summed E-state index contributed by atoms with van der Waals surface area (Å²) >= 11 is 0. The average molecular weight is 425 g/mol. The van der Waals surface area contributed by atoms with Crippen LogP contribution >= 0.6 is 0 Å². The second-order valence-electron chi connectivity index (χ2n) is 8.51. The molecule has 1 saturated carbocycles. The quantitative estimate of drug-likeness (QED) is 0.706. The van der Waals surface area contributed by atoms with Crippen LogP contribution in [0, 0.1) is 41.7 Å². The van der Waals surface area contributed by atoms with Crippen LogP contribution in [-0.4, -0.2) is 22.6 Å². The fourth-order valence-corrected chi connectivity index (χ4v) is 4.72. The molecule has 0 spiro atoms. The molecule has 0 unspecified atom stereocenters. The summed E-state index contributed by atoms with van der Waals surface area (Å²) in [5, 5.41) is 10.5. The number of aromatic nitrogens is 1. The Morgan fingerprint density at radius 3 is 2.68 bits per heavy atom. The highest BCUT2D eigenvalue weighted by Crippen LogP contribution is 2.37. The minimum Gasteiger partial charge on any atom is -0.272 e. The third kappa shape index (κ3) is 4.75. The molecule has 1 aliphatic carbocycles. The van der Waals surface area contributed by atoms with Crippen LogP contribution in [0.1, 0.15) is 60.5 Å². The maximum absolute atomic E-state index is 13.9. The summed E-state index contributed by atoms with van der Waals surface area (Å²) in [5.41, 5.74) is 2.60. The van der Waals surface area contributed by atoms with Gasteiger partial charge < -0.3 is 0 Å². The number of carbonyl (C=O) groups excluding carboxylic acids is 1. The van der Waals surface area contributed by atoms with Gasteiger partial charge in [0, 0.05) is 18.0 Å². The smallest absolute Gasteiger partial charge is 0.249 e. The zero-order valence-corrected chi connectivity index (χ0v) is 17.5. The molecule has 2 heterocycles. The molecule has 1 aliphatic heterocycles. The SMILES string of the molecule is Cc1ncc(F)cc1CC1CCC(C(=O)N2OCC[C@H]2c2cc(F)cc(C#N)c2)CC1. The normalized spacial score (nSPS) is 23.5. The summed E-state index contributed by atoms with van der Waals surface area (Å²) in [6, 6.07) is 7.30. The fraction of sp³-hybridized carbons (Fsp3) is 0.458. The van der Waals surface area contributed by atoms with Crippen LogP contribution in [-0.2, 0) is 16.1 Å². The van der Waals surface area contributed by atoms with Crippen LogP contribution in [0.25, 0.3) is 0 Å². The lowest BCUT2D eigenvalue weighted by atomic mass is 9.78. The first-order valence-electron chi connectivity index (χ1n) is 10.7. The predicted octanol–water partition coefficient (Wildman–Crippen LogP) is 4.79. The zero-order chi connectivity index (χ0) is 22.0. The van der Waals surface area contributed by atoms with E-state index in [1.807, 2.05) is 13.0 Å². The molecule has 1 saturated heterocycles. The molecule has 2 aromatic rings. The van der Waals surface area contributed by atoms with Crippen molar-refractivity contribution < 1.29 is 18.4 Å². The number of halogens is 2. The van der Waals surface area contributed by atoms with E-state index < -0.39 is 5.82 Å². The first-order valence-corrected chi connectivity index (χ1v) is 10.7. The van der Waals surface area contributed by atoms with E-state index >= 15 is 0 Å². The Hall–Kier alpha value is -2.85. The maximum atomic E-state index is 13.9. The molecule has 5 nitrogen and oxygen atoms in total. The summed E-state index contributed by atoms with van der Waals surface area (Å²) in [6.45, 7) is 2.27. The monoisotopic (exact) mass is 425 g/mol. The molecule has 31 heavy (non-hydrogen) atoms. The summed E-state index contributed by atoms with van der Waals surface area (Å²) in [6.07, 6.45) is 5.81. The van der Waals surface area contributed by atoms with Crippen LogP contribution in [0.3, 0.4) is 0 Å². The standard InChI is InChI=1S/C24H25F2N3O2/c1-15-19(11-22(26)14-28-15)8-16-2-4-18(5-3-16)24(30)29-23(6-7-31-29)20-9-17(13-27)10-21(25)12-20/h9-12,14,16,18,23H,2-8H2,1H3/t16?,18?,23-/m0/s1. The van der Waals surface area contributed by atoms with Crippen molar-refractivity contribution in [1.29, 1.82) is 5.26 Å². The van der Waals surface area contributed by atoms with E-state index in [1.165, 1.54) is 23.4 Å². The lowest BCUT2D eigenvalue weighted by molar-refractivity contribution is -0.183. The number of pyridine rings is 1. The van der Waals surface area contributed by atoms with Crippen molar-refractivity contribution in [3.8, 4) is 6.07 Å². The molecular formula is C24H25F2N3O2. The van der Waals surface area contributed by atoms with E-state index in [0.717, 1.165) is 43.4 Å². The van der Waals surface area contributed by atoms with Crippen LogP contribution in [0.2, 0.25) is 0 Å². The van der Waals surface area contributed by atoms with Crippen molar-refractivity contribution in [1.82, 2.24) is 10.0 Å². The van der Waals surface area contributed by atoms with Gasteiger partial charge in [0.1, 0.15) is 11.6 Å². The molecular weight excluding hydrogens is 400 g/mol. The van der Waals surface area contributed by atoms with E-state index in [-0.39, 0.29) is 29.2 Å². The van der Waals surface area contributed by atoms with Gasteiger partial charge >= 0.3 is 0 Å². The molecule has 1 aromatic carbocycles. The topological polar surface area (TPSA) is 66.2 Å². The zero-order valence-electron chi connectivity index (χ0n) is 17.5. The number of nitrogens with zero attached hydrogens (tertiary/aromatic N) is 3. The number of hydroxylamine groups is 2. The highest BCUT2D eigenvalue weighted by Gasteiger charge is 2.37. The first kappa shape index (κ1) is 21.4. The predicted molar refractivity (Wildman–Crippen MR) is 109 cm³/mol. The van der Waals surface area contributed by atoms with E-state index in [2.05, 4.69) is 4.98 Å². The number of benzene rings is 1. The van der Waals surface area contributed by atoms with Gasteiger partial charge in [-0.1, -0.05) is 0 Å². The van der Waals surface area contributed by atoms with Gasteiger partial charge in [-0.05, 0) is 80.3 Å². The molecule has 4 rings (SSSR count). The molecule has 7 heteroatoms. The highest BCUT2D eigenvalue weighted by molar-refractivity contribution is 5.78. The minimum atomic E-state index is -0.490. The van der Waals surface area contributed by atoms with Crippen molar-refractivity contribution in [2.75, 3.05) is 6.61 Å². The van der Waals surface area contributed by atoms with Crippen molar-refractivity contribution >= 4 is 5.91 Å². The van der Waals surface area contributed by atoms with Gasteiger partial charge in [0.25, 0.3) is 0 Å². The number of rotatable bonds is 4. The summed E-state index contributed by atoms with van der Waals surface area (Å²) in [7, 11) is 0. The van der Waals surface area contributed by atoms with E-state index in [9.17, 15) is 13.6 Å². The lowest BCUT2D eigenvalue weighted by Crippen LogP contribution is -2.36. The number of amides is 1. The van der Waals surface area contributed by atoms with Gasteiger partial charge in [0.05, 0.1) is 30.5 Å². The van der Waals surface area contributed by atoms with Gasteiger partial charge in [-0.2, -0.15) is 5.26 Å². The van der Waals surface area contributed by atoms with Gasteiger partial charge in [0.2, 0.25) is 5.91 Å². The molecule has 0 N–H and O–H groups in total. The number of carbonyl (C=O) groups is 1. The molecule has 2 aliphatic rings. The van der Waals surface area contributed by atoms with E-state index in [0.29, 0.717) is 24.5 Å². The second-order valence-corrected chi connectivity index (χ2v) is 8.51. The second kappa shape index (κ2) is 9.11. The van der Waals surface area contributed by atoms with Gasteiger partial charge in [0.15, 0.2) is 0 Å². The number of hydrogen-bond donors (Lipinski definition) is 0. The molecule has 2 fully saturated rings. The highest BCUT2D eigenvalue weighted by atomic mass is 19.1. The fourth-order valence-electron chi connectivity index (χ4n) is 4.72. The first-order chi connectivity index (χ1) is 14.9. The number of hydrogen-bond acceptors (Lipinski definition) is 4. The average Bonchev–Trinajstić information content (AvgIpc) is 3.26. The van der Waals surface area contributed by atoms with Gasteiger partial charge in [-0.15, -0.1) is 0 Å². The van der Waals surface area contributed by atoms with Crippen LogP contribution in [0.5, 0.6) is 0 Å². The Labute approximate surface area is 180 Å². The molecule has 1 amide bonds. The maximum Gasteiger partial charge on any atom is 0.249 e. The molecule has 0 bridgehead atoms. The summed E-state index contributed by atoms with van der Waals surface area (Å²) < 4.78 is 27.4. The van der Waals surface area contributed by atoms with Crippen molar-refractivity contribution in [3.63, 3.8) is 0 Å². The lowest BCUT2D eigenvalue weighted by Gasteiger charge is -2.32. The van der Waals surface area contributed by atoms with Crippen LogP contribution in [0.4, 0.5) is 8.78 Å². The Balaban J connectivity index is 1.39. The molecule has 1 aromatic heterocycles. The number of nitriles is 1. The Bertz CT molecular complexity index is 1010. The Morgan fingerprint density at radius 2 is 1.94 bits per heavy atom. The van der Waals surface area contributed by atoms with Crippen LogP contribution < -0.4 is 0 Å². The summed E-state index contributed by atoms with van der Waals surface area (Å²) in [5.74, 6) is -0.641. The molecule has 0 radical (unpaired) electrons. The third-order valence-electron chi connectivity index (χ3n) is 6.42. The van der Waals surface area contributed by atoms with E-state index in [1.54, 1.807) is 12.1 Å². The van der Waals surface area contributed by atoms with Gasteiger partial charge in [-0.25, -0.2) is 13.8 Å². The van der Waals surface area contributed by atoms with Crippen molar-refractivity contribution in [2.45, 2.75) is 51.5 Å². The van der Waals surface area contributed by atoms with Crippen LogP contribution in [0.15, 0.2) is 30.5 Å². The third-order valence-corrected chi connectivity index (χ3v) is 6.42. The molecule has 1 atom stereocenters.